The Balaban J connectivity index is 2.19. The summed E-state index contributed by atoms with van der Waals surface area (Å²) in [7, 11) is 0. The molecule has 2 rings (SSSR count). The van der Waals surface area contributed by atoms with Gasteiger partial charge in [-0.3, -0.25) is 14.8 Å². The highest BCUT2D eigenvalue weighted by Crippen LogP contribution is 2.12. The van der Waals surface area contributed by atoms with E-state index in [1.54, 1.807) is 19.1 Å². The van der Waals surface area contributed by atoms with Crippen molar-refractivity contribution in [1.29, 1.82) is 0 Å². The van der Waals surface area contributed by atoms with Crippen molar-refractivity contribution in [2.24, 2.45) is 0 Å². The Kier molecular flexibility index (Phi) is 2.86. The number of nitrogens with zero attached hydrogens (tertiary/aromatic N) is 3. The van der Waals surface area contributed by atoms with Crippen LogP contribution in [-0.4, -0.2) is 14.7 Å². The molecule has 0 aliphatic heterocycles. The maximum atomic E-state index is 13.3. The van der Waals surface area contributed by atoms with Crippen LogP contribution in [0.15, 0.2) is 30.6 Å². The Bertz CT molecular complexity index is 566. The van der Waals surface area contributed by atoms with Gasteiger partial charge in [-0.15, -0.1) is 0 Å². The summed E-state index contributed by atoms with van der Waals surface area (Å²) in [5.41, 5.74) is 1.21. The van der Waals surface area contributed by atoms with E-state index in [1.165, 1.54) is 23.1 Å². The largest absolute Gasteiger partial charge is 0.307 e. The van der Waals surface area contributed by atoms with Crippen LogP contribution in [0, 0.1) is 22.9 Å². The second-order valence-corrected chi connectivity index (χ2v) is 3.74. The number of aromatic nitrogens is 2. The van der Waals surface area contributed by atoms with Gasteiger partial charge in [-0.05, 0) is 24.1 Å². The minimum Gasteiger partial charge on any atom is -0.261 e. The molecule has 0 bridgehead atoms. The smallest absolute Gasteiger partial charge is 0.261 e. The van der Waals surface area contributed by atoms with Gasteiger partial charge in [-0.25, -0.2) is 4.39 Å². The predicted molar refractivity (Wildman–Crippen MR) is 59.1 cm³/mol. The zero-order chi connectivity index (χ0) is 12.4. The number of aryl methyl sites for hydroxylation is 1. The van der Waals surface area contributed by atoms with Crippen LogP contribution in [-0.2, 0) is 6.54 Å². The summed E-state index contributed by atoms with van der Waals surface area (Å²) in [5, 5.41) is 14.3. The van der Waals surface area contributed by atoms with Gasteiger partial charge in [0, 0.05) is 0 Å². The molecule has 5 nitrogen and oxygen atoms in total. The molecular formula is C11H10FN3O2. The Morgan fingerprint density at radius 1 is 1.53 bits per heavy atom. The molecule has 1 heterocycles. The second-order valence-electron chi connectivity index (χ2n) is 3.74. The van der Waals surface area contributed by atoms with E-state index in [1.807, 2.05) is 0 Å². The van der Waals surface area contributed by atoms with Gasteiger partial charge in [0.05, 0.1) is 11.5 Å². The Morgan fingerprint density at radius 2 is 2.29 bits per heavy atom. The fourth-order valence-electron chi connectivity index (χ4n) is 1.46. The van der Waals surface area contributed by atoms with Crippen molar-refractivity contribution >= 4 is 5.69 Å². The summed E-state index contributed by atoms with van der Waals surface area (Å²) in [6, 6.07) is 4.84. The Morgan fingerprint density at radius 3 is 2.88 bits per heavy atom. The molecule has 2 aromatic rings. The van der Waals surface area contributed by atoms with Crippen molar-refractivity contribution in [3.05, 3.63) is 57.7 Å². The van der Waals surface area contributed by atoms with Crippen molar-refractivity contribution < 1.29 is 9.31 Å². The molecule has 6 heteroatoms. The molecule has 17 heavy (non-hydrogen) atoms. The summed E-state index contributed by atoms with van der Waals surface area (Å²) in [6.45, 7) is 1.99. The van der Waals surface area contributed by atoms with Gasteiger partial charge < -0.3 is 0 Å². The zero-order valence-corrected chi connectivity index (χ0v) is 9.13. The van der Waals surface area contributed by atoms with E-state index < -0.39 is 4.92 Å². The molecule has 0 fully saturated rings. The molecule has 0 N–H and O–H groups in total. The van der Waals surface area contributed by atoms with Crippen LogP contribution in [0.1, 0.15) is 11.1 Å². The highest BCUT2D eigenvalue weighted by molar-refractivity contribution is 5.25. The second kappa shape index (κ2) is 4.32. The molecule has 0 radical (unpaired) electrons. The standard InChI is InChI=1S/C11H10FN3O2/c1-8-2-3-9(4-11(8)12)6-14-7-10(5-13-14)15(16)17/h2-5,7H,6H2,1H3. The Hall–Kier alpha value is -2.24. The van der Waals surface area contributed by atoms with Crippen LogP contribution in [0.3, 0.4) is 0 Å². The molecule has 0 atom stereocenters. The van der Waals surface area contributed by atoms with E-state index in [-0.39, 0.29) is 11.5 Å². The van der Waals surface area contributed by atoms with Gasteiger partial charge >= 0.3 is 5.69 Å². The SMILES string of the molecule is Cc1ccc(Cn2cc([N+](=O)[O-])cn2)cc1F. The highest BCUT2D eigenvalue weighted by Gasteiger charge is 2.09. The van der Waals surface area contributed by atoms with E-state index in [9.17, 15) is 14.5 Å². The summed E-state index contributed by atoms with van der Waals surface area (Å²) < 4.78 is 14.7. The third kappa shape index (κ3) is 2.47. The first kappa shape index (κ1) is 11.3. The van der Waals surface area contributed by atoms with Crippen molar-refractivity contribution in [2.45, 2.75) is 13.5 Å². The fraction of sp³-hybridized carbons (Fsp3) is 0.182. The van der Waals surface area contributed by atoms with E-state index in [0.717, 1.165) is 0 Å². The summed E-state index contributed by atoms with van der Waals surface area (Å²) in [6.07, 6.45) is 2.49. The van der Waals surface area contributed by atoms with Gasteiger partial charge in [0.25, 0.3) is 0 Å². The number of halogens is 1. The molecule has 1 aromatic carbocycles. The van der Waals surface area contributed by atoms with E-state index in [2.05, 4.69) is 5.10 Å². The first-order chi connectivity index (χ1) is 8.06. The predicted octanol–water partition coefficient (Wildman–Crippen LogP) is 2.29. The maximum Gasteiger partial charge on any atom is 0.307 e. The number of hydrogen-bond donors (Lipinski definition) is 0. The van der Waals surface area contributed by atoms with E-state index in [0.29, 0.717) is 17.7 Å². The van der Waals surface area contributed by atoms with Crippen molar-refractivity contribution in [3.63, 3.8) is 0 Å². The third-order valence-corrected chi connectivity index (χ3v) is 2.41. The lowest BCUT2D eigenvalue weighted by Gasteiger charge is -2.03. The maximum absolute atomic E-state index is 13.3. The van der Waals surface area contributed by atoms with Gasteiger partial charge in [0.15, 0.2) is 0 Å². The topological polar surface area (TPSA) is 61.0 Å². The summed E-state index contributed by atoms with van der Waals surface area (Å²) >= 11 is 0. The molecule has 0 amide bonds. The van der Waals surface area contributed by atoms with E-state index in [4.69, 9.17) is 0 Å². The number of nitro groups is 1. The molecule has 0 saturated carbocycles. The normalized spacial score (nSPS) is 10.5. The molecule has 0 spiro atoms. The lowest BCUT2D eigenvalue weighted by atomic mass is 10.1. The number of hydrogen-bond acceptors (Lipinski definition) is 3. The first-order valence-electron chi connectivity index (χ1n) is 4.98. The molecule has 0 saturated heterocycles. The molecule has 0 unspecified atom stereocenters. The molecule has 88 valence electrons. The van der Waals surface area contributed by atoms with Crippen molar-refractivity contribution in [2.75, 3.05) is 0 Å². The Labute approximate surface area is 96.6 Å². The van der Waals surface area contributed by atoms with Gasteiger partial charge in [0.2, 0.25) is 0 Å². The van der Waals surface area contributed by atoms with Crippen LogP contribution in [0.25, 0.3) is 0 Å². The third-order valence-electron chi connectivity index (χ3n) is 2.41. The van der Waals surface area contributed by atoms with Crippen LogP contribution in [0.5, 0.6) is 0 Å². The molecular weight excluding hydrogens is 225 g/mol. The molecule has 1 aromatic heterocycles. The highest BCUT2D eigenvalue weighted by atomic mass is 19.1. The van der Waals surface area contributed by atoms with Gasteiger partial charge in [-0.1, -0.05) is 12.1 Å². The average Bonchev–Trinajstić information content (AvgIpc) is 2.72. The number of rotatable bonds is 3. The lowest BCUT2D eigenvalue weighted by Crippen LogP contribution is -2.00. The monoisotopic (exact) mass is 235 g/mol. The van der Waals surface area contributed by atoms with Crippen molar-refractivity contribution in [3.8, 4) is 0 Å². The molecule has 0 aliphatic carbocycles. The average molecular weight is 235 g/mol. The molecule has 0 aliphatic rings. The van der Waals surface area contributed by atoms with Crippen LogP contribution in [0.4, 0.5) is 10.1 Å². The minimum atomic E-state index is -0.515. The van der Waals surface area contributed by atoms with Crippen LogP contribution < -0.4 is 0 Å². The quantitative estimate of drug-likeness (QED) is 0.605. The van der Waals surface area contributed by atoms with Gasteiger partial charge in [-0.2, -0.15) is 5.10 Å². The first-order valence-corrected chi connectivity index (χ1v) is 4.98. The van der Waals surface area contributed by atoms with E-state index >= 15 is 0 Å². The van der Waals surface area contributed by atoms with Crippen LogP contribution in [0.2, 0.25) is 0 Å². The van der Waals surface area contributed by atoms with Crippen molar-refractivity contribution in [1.82, 2.24) is 9.78 Å². The fourth-order valence-corrected chi connectivity index (χ4v) is 1.46. The minimum absolute atomic E-state index is 0.0717. The summed E-state index contributed by atoms with van der Waals surface area (Å²) in [4.78, 5) is 9.94. The van der Waals surface area contributed by atoms with Crippen LogP contribution >= 0.6 is 0 Å². The summed E-state index contributed by atoms with van der Waals surface area (Å²) in [5.74, 6) is -0.288. The number of benzene rings is 1. The lowest BCUT2D eigenvalue weighted by molar-refractivity contribution is -0.385. The zero-order valence-electron chi connectivity index (χ0n) is 9.13. The van der Waals surface area contributed by atoms with Gasteiger partial charge in [0.1, 0.15) is 18.2 Å².